The molecule has 0 radical (unpaired) electrons. The summed E-state index contributed by atoms with van der Waals surface area (Å²) in [5.41, 5.74) is 1.85. The number of aromatic nitrogens is 4. The van der Waals surface area contributed by atoms with Gasteiger partial charge in [0.05, 0.1) is 5.69 Å². The van der Waals surface area contributed by atoms with Crippen molar-refractivity contribution in [2.75, 3.05) is 0 Å². The number of hydrogen-bond acceptors (Lipinski definition) is 3. The molecule has 2 aromatic heterocycles. The second-order valence-corrected chi connectivity index (χ2v) is 3.32. The maximum atomic E-state index is 6.07. The smallest absolute Gasteiger partial charge is 0.220 e. The van der Waals surface area contributed by atoms with Crippen LogP contribution in [0.2, 0.25) is 5.15 Å². The number of rotatable bonds is 1. The van der Waals surface area contributed by atoms with Gasteiger partial charge in [0.25, 0.3) is 5.95 Å². The van der Waals surface area contributed by atoms with Crippen LogP contribution >= 0.6 is 11.6 Å². The third kappa shape index (κ3) is 1.37. The van der Waals surface area contributed by atoms with Crippen LogP contribution in [-0.4, -0.2) is 19.7 Å². The van der Waals surface area contributed by atoms with E-state index < -0.39 is 0 Å². The highest BCUT2D eigenvalue weighted by molar-refractivity contribution is 6.30. The number of hydrogen-bond donors (Lipinski definition) is 0. The largest absolute Gasteiger partial charge is 0.251 e. The van der Waals surface area contributed by atoms with Crippen LogP contribution in [0.25, 0.3) is 5.95 Å². The Morgan fingerprint density at radius 3 is 2.36 bits per heavy atom. The third-order valence-corrected chi connectivity index (χ3v) is 2.47. The molecular weight excluding hydrogens is 200 g/mol. The van der Waals surface area contributed by atoms with Crippen LogP contribution in [0.3, 0.4) is 0 Å². The highest BCUT2D eigenvalue weighted by Gasteiger charge is 2.11. The Morgan fingerprint density at radius 1 is 1.21 bits per heavy atom. The molecule has 14 heavy (non-hydrogen) atoms. The first kappa shape index (κ1) is 9.15. The van der Waals surface area contributed by atoms with Gasteiger partial charge in [0.15, 0.2) is 0 Å². The van der Waals surface area contributed by atoms with E-state index in [0.29, 0.717) is 11.1 Å². The van der Waals surface area contributed by atoms with Crippen molar-refractivity contribution in [2.24, 2.45) is 0 Å². The molecule has 0 aromatic carbocycles. The van der Waals surface area contributed by atoms with Crippen LogP contribution < -0.4 is 0 Å². The molecular formula is C9H9ClN4. The maximum Gasteiger partial charge on any atom is 0.251 e. The molecule has 0 aliphatic carbocycles. The van der Waals surface area contributed by atoms with Gasteiger partial charge in [-0.25, -0.2) is 9.97 Å². The molecule has 72 valence electrons. The molecule has 2 heterocycles. The Hall–Kier alpha value is -1.42. The molecule has 0 unspecified atom stereocenters. The lowest BCUT2D eigenvalue weighted by molar-refractivity contribution is 0.797. The molecule has 0 saturated carbocycles. The molecule has 0 fully saturated rings. The minimum Gasteiger partial charge on any atom is -0.220 e. The minimum absolute atomic E-state index is 0.494. The fourth-order valence-corrected chi connectivity index (χ4v) is 1.36. The summed E-state index contributed by atoms with van der Waals surface area (Å²) in [6.45, 7) is 3.82. The molecule has 4 nitrogen and oxygen atoms in total. The summed E-state index contributed by atoms with van der Waals surface area (Å²) in [4.78, 5) is 8.14. The maximum absolute atomic E-state index is 6.07. The summed E-state index contributed by atoms with van der Waals surface area (Å²) < 4.78 is 1.53. The van der Waals surface area contributed by atoms with Crippen LogP contribution in [-0.2, 0) is 0 Å². The summed E-state index contributed by atoms with van der Waals surface area (Å²) in [5.74, 6) is 0.494. The van der Waals surface area contributed by atoms with Gasteiger partial charge in [-0.3, -0.25) is 0 Å². The Bertz CT molecular complexity index is 449. The van der Waals surface area contributed by atoms with E-state index in [0.717, 1.165) is 11.3 Å². The van der Waals surface area contributed by atoms with E-state index in [4.69, 9.17) is 11.6 Å². The molecule has 0 aliphatic heterocycles. The van der Waals surface area contributed by atoms with Crippen LogP contribution in [0.15, 0.2) is 18.5 Å². The summed E-state index contributed by atoms with van der Waals surface area (Å²) in [7, 11) is 0. The third-order valence-electron chi connectivity index (χ3n) is 2.03. The lowest BCUT2D eigenvalue weighted by Gasteiger charge is -1.98. The Balaban J connectivity index is 2.58. The number of halogens is 1. The van der Waals surface area contributed by atoms with Crippen molar-refractivity contribution >= 4 is 11.6 Å². The zero-order valence-electron chi connectivity index (χ0n) is 7.90. The van der Waals surface area contributed by atoms with Gasteiger partial charge in [-0.2, -0.15) is 9.78 Å². The lowest BCUT2D eigenvalue weighted by Crippen LogP contribution is -2.01. The minimum atomic E-state index is 0.494. The number of nitrogens with zero attached hydrogens (tertiary/aromatic N) is 4. The Kier molecular flexibility index (Phi) is 2.21. The van der Waals surface area contributed by atoms with Crippen LogP contribution in [0.1, 0.15) is 11.3 Å². The van der Waals surface area contributed by atoms with Gasteiger partial charge in [0, 0.05) is 18.0 Å². The van der Waals surface area contributed by atoms with Gasteiger partial charge < -0.3 is 0 Å². The summed E-state index contributed by atoms with van der Waals surface area (Å²) >= 11 is 6.07. The van der Waals surface area contributed by atoms with Gasteiger partial charge in [-0.05, 0) is 19.9 Å². The second kappa shape index (κ2) is 3.38. The van der Waals surface area contributed by atoms with Gasteiger partial charge in [-0.1, -0.05) is 11.6 Å². The van der Waals surface area contributed by atoms with Crippen molar-refractivity contribution < 1.29 is 0 Å². The Labute approximate surface area is 86.6 Å². The van der Waals surface area contributed by atoms with Gasteiger partial charge >= 0.3 is 0 Å². The SMILES string of the molecule is Cc1nn(-c2ncccn2)c(Cl)c1C. The molecule has 0 saturated heterocycles. The van der Waals surface area contributed by atoms with Gasteiger partial charge in [0.1, 0.15) is 5.15 Å². The predicted octanol–water partition coefficient (Wildman–Crippen LogP) is 1.93. The molecule has 0 atom stereocenters. The molecule has 0 amide bonds. The van der Waals surface area contributed by atoms with E-state index in [-0.39, 0.29) is 0 Å². The highest BCUT2D eigenvalue weighted by Crippen LogP contribution is 2.19. The van der Waals surface area contributed by atoms with E-state index in [9.17, 15) is 0 Å². The monoisotopic (exact) mass is 208 g/mol. The van der Waals surface area contributed by atoms with E-state index in [2.05, 4.69) is 15.1 Å². The van der Waals surface area contributed by atoms with Crippen molar-refractivity contribution in [2.45, 2.75) is 13.8 Å². The summed E-state index contributed by atoms with van der Waals surface area (Å²) in [6, 6.07) is 1.75. The van der Waals surface area contributed by atoms with Gasteiger partial charge in [0.2, 0.25) is 0 Å². The first-order chi connectivity index (χ1) is 6.70. The first-order valence-corrected chi connectivity index (χ1v) is 4.57. The molecule has 5 heteroatoms. The van der Waals surface area contributed by atoms with E-state index in [1.54, 1.807) is 18.5 Å². The van der Waals surface area contributed by atoms with E-state index >= 15 is 0 Å². The predicted molar refractivity (Wildman–Crippen MR) is 53.6 cm³/mol. The average Bonchev–Trinajstić information content (AvgIpc) is 2.47. The fraction of sp³-hybridized carbons (Fsp3) is 0.222. The normalized spacial score (nSPS) is 10.5. The van der Waals surface area contributed by atoms with Crippen molar-refractivity contribution in [1.82, 2.24) is 19.7 Å². The quantitative estimate of drug-likeness (QED) is 0.719. The van der Waals surface area contributed by atoms with Crippen LogP contribution in [0.4, 0.5) is 0 Å². The zero-order valence-corrected chi connectivity index (χ0v) is 8.65. The standard InChI is InChI=1S/C9H9ClN4/c1-6-7(2)13-14(8(6)10)9-11-4-3-5-12-9/h3-5H,1-2H3. The average molecular weight is 209 g/mol. The number of aryl methyl sites for hydroxylation is 1. The van der Waals surface area contributed by atoms with Crippen molar-refractivity contribution in [3.8, 4) is 5.95 Å². The molecule has 2 rings (SSSR count). The Morgan fingerprint density at radius 2 is 1.86 bits per heavy atom. The first-order valence-electron chi connectivity index (χ1n) is 4.19. The van der Waals surface area contributed by atoms with E-state index in [1.165, 1.54) is 4.68 Å². The molecule has 0 spiro atoms. The fourth-order valence-electron chi connectivity index (χ4n) is 1.11. The lowest BCUT2D eigenvalue weighted by atomic mass is 10.3. The van der Waals surface area contributed by atoms with Crippen LogP contribution in [0, 0.1) is 13.8 Å². The van der Waals surface area contributed by atoms with Crippen molar-refractivity contribution in [3.05, 3.63) is 34.9 Å². The van der Waals surface area contributed by atoms with Crippen LogP contribution in [0.5, 0.6) is 0 Å². The summed E-state index contributed by atoms with van der Waals surface area (Å²) in [5, 5.41) is 4.80. The molecule has 2 aromatic rings. The summed E-state index contributed by atoms with van der Waals surface area (Å²) in [6.07, 6.45) is 3.32. The van der Waals surface area contributed by atoms with Crippen molar-refractivity contribution in [3.63, 3.8) is 0 Å². The second-order valence-electron chi connectivity index (χ2n) is 2.96. The van der Waals surface area contributed by atoms with Gasteiger partial charge in [-0.15, -0.1) is 0 Å². The highest BCUT2D eigenvalue weighted by atomic mass is 35.5. The molecule has 0 bridgehead atoms. The molecule has 0 N–H and O–H groups in total. The molecule has 0 aliphatic rings. The topological polar surface area (TPSA) is 43.6 Å². The van der Waals surface area contributed by atoms with E-state index in [1.807, 2.05) is 13.8 Å². The zero-order chi connectivity index (χ0) is 10.1. The van der Waals surface area contributed by atoms with Crippen molar-refractivity contribution in [1.29, 1.82) is 0 Å².